The highest BCUT2D eigenvalue weighted by Crippen LogP contribution is 2.23. The maximum Gasteiger partial charge on any atom is 0.356 e. The summed E-state index contributed by atoms with van der Waals surface area (Å²) >= 11 is 0. The number of benzene rings is 1. The molecule has 2 aromatic rings. The van der Waals surface area contributed by atoms with Crippen LogP contribution in [0.1, 0.15) is 10.5 Å². The number of carboxylic acids is 1. The Morgan fingerprint density at radius 2 is 1.95 bits per heavy atom. The molecule has 0 saturated heterocycles. The van der Waals surface area contributed by atoms with E-state index in [0.29, 0.717) is 0 Å². The topological polar surface area (TPSA) is 110 Å². The lowest BCUT2D eigenvalue weighted by Gasteiger charge is -2.06. The Labute approximate surface area is 113 Å². The van der Waals surface area contributed by atoms with E-state index >= 15 is 0 Å². The van der Waals surface area contributed by atoms with Crippen LogP contribution in [0.25, 0.3) is 0 Å². The molecule has 0 aliphatic heterocycles. The zero-order valence-electron chi connectivity index (χ0n) is 9.95. The van der Waals surface area contributed by atoms with E-state index in [-0.39, 0.29) is 15.5 Å². The van der Waals surface area contributed by atoms with Gasteiger partial charge < -0.3 is 10.8 Å². The molecule has 0 fully saturated rings. The number of nitrogens with zero attached hydrogens (tertiary/aromatic N) is 1. The van der Waals surface area contributed by atoms with Gasteiger partial charge in [0.05, 0.1) is 15.5 Å². The molecule has 1 aromatic heterocycles. The van der Waals surface area contributed by atoms with E-state index in [2.05, 4.69) is 4.98 Å². The average molecular weight is 296 g/mol. The monoisotopic (exact) mass is 296 g/mol. The molecule has 3 N–H and O–H groups in total. The highest BCUT2D eigenvalue weighted by atomic mass is 32.2. The van der Waals surface area contributed by atoms with Crippen LogP contribution in [0.5, 0.6) is 0 Å². The molecule has 20 heavy (non-hydrogen) atoms. The van der Waals surface area contributed by atoms with Gasteiger partial charge >= 0.3 is 5.97 Å². The van der Waals surface area contributed by atoms with Gasteiger partial charge in [-0.05, 0) is 24.3 Å². The van der Waals surface area contributed by atoms with Crippen LogP contribution in [0.4, 0.5) is 10.1 Å². The van der Waals surface area contributed by atoms with E-state index in [4.69, 9.17) is 10.8 Å². The van der Waals surface area contributed by atoms with Crippen molar-refractivity contribution in [1.29, 1.82) is 0 Å². The molecule has 2 rings (SSSR count). The molecule has 0 aliphatic rings. The lowest BCUT2D eigenvalue weighted by molar-refractivity contribution is 0.0691. The third-order valence-corrected chi connectivity index (χ3v) is 4.23. The number of rotatable bonds is 3. The minimum absolute atomic E-state index is 0.262. The van der Waals surface area contributed by atoms with Crippen LogP contribution in [0.15, 0.2) is 46.3 Å². The van der Waals surface area contributed by atoms with Gasteiger partial charge in [0.25, 0.3) is 0 Å². The first-order valence-corrected chi connectivity index (χ1v) is 6.80. The van der Waals surface area contributed by atoms with Crippen LogP contribution in [-0.2, 0) is 9.84 Å². The summed E-state index contributed by atoms with van der Waals surface area (Å²) in [7, 11) is -4.00. The largest absolute Gasteiger partial charge is 0.476 e. The van der Waals surface area contributed by atoms with Crippen molar-refractivity contribution in [3.05, 3.63) is 48.0 Å². The quantitative estimate of drug-likeness (QED) is 0.884. The normalized spacial score (nSPS) is 11.2. The average Bonchev–Trinajstić information content (AvgIpc) is 2.38. The van der Waals surface area contributed by atoms with Crippen LogP contribution in [0.2, 0.25) is 0 Å². The highest BCUT2D eigenvalue weighted by Gasteiger charge is 2.21. The molecule has 8 heteroatoms. The molecule has 0 bridgehead atoms. The Bertz CT molecular complexity index is 790. The fourth-order valence-electron chi connectivity index (χ4n) is 1.56. The number of nitrogen functional groups attached to an aromatic ring is 1. The SMILES string of the molecule is Nc1cc(S(=O)(=O)c2cccc(F)c2)cnc1C(=O)O. The molecule has 0 amide bonds. The Hall–Kier alpha value is -2.48. The van der Waals surface area contributed by atoms with Crippen molar-refractivity contribution >= 4 is 21.5 Å². The summed E-state index contributed by atoms with van der Waals surface area (Å²) in [5.41, 5.74) is 4.72. The van der Waals surface area contributed by atoms with Crippen LogP contribution in [0.3, 0.4) is 0 Å². The predicted octanol–water partition coefficient (Wildman–Crippen LogP) is 1.33. The van der Waals surface area contributed by atoms with Gasteiger partial charge in [0.2, 0.25) is 9.84 Å². The number of aromatic carboxylic acids is 1. The molecule has 0 saturated carbocycles. The molecule has 0 unspecified atom stereocenters. The number of hydrogen-bond donors (Lipinski definition) is 2. The van der Waals surface area contributed by atoms with Crippen molar-refractivity contribution in [2.75, 3.05) is 5.73 Å². The molecule has 0 radical (unpaired) electrons. The number of hydrogen-bond acceptors (Lipinski definition) is 5. The number of anilines is 1. The molecular formula is C12H9FN2O4S. The van der Waals surface area contributed by atoms with Gasteiger partial charge in [-0.25, -0.2) is 22.6 Å². The van der Waals surface area contributed by atoms with E-state index in [9.17, 15) is 17.6 Å². The minimum Gasteiger partial charge on any atom is -0.476 e. The molecule has 1 heterocycles. The number of sulfone groups is 1. The smallest absolute Gasteiger partial charge is 0.356 e. The van der Waals surface area contributed by atoms with Crippen LogP contribution in [-0.4, -0.2) is 24.5 Å². The highest BCUT2D eigenvalue weighted by molar-refractivity contribution is 7.91. The van der Waals surface area contributed by atoms with Crippen molar-refractivity contribution in [2.24, 2.45) is 0 Å². The Balaban J connectivity index is 2.56. The summed E-state index contributed by atoms with van der Waals surface area (Å²) in [6.45, 7) is 0. The third kappa shape index (κ3) is 2.45. The summed E-state index contributed by atoms with van der Waals surface area (Å²) in [5, 5.41) is 8.77. The van der Waals surface area contributed by atoms with E-state index in [1.165, 1.54) is 12.1 Å². The standard InChI is InChI=1S/C12H9FN2O4S/c13-7-2-1-3-8(4-7)20(18,19)9-5-10(14)11(12(16)17)15-6-9/h1-6H,14H2,(H,16,17). The lowest BCUT2D eigenvalue weighted by atomic mass is 10.3. The van der Waals surface area contributed by atoms with Crippen molar-refractivity contribution in [1.82, 2.24) is 4.98 Å². The van der Waals surface area contributed by atoms with Gasteiger partial charge in [0, 0.05) is 6.20 Å². The first-order valence-electron chi connectivity index (χ1n) is 5.32. The maximum atomic E-state index is 13.1. The van der Waals surface area contributed by atoms with Gasteiger partial charge in [-0.3, -0.25) is 0 Å². The summed E-state index contributed by atoms with van der Waals surface area (Å²) in [6.07, 6.45) is 0.875. The van der Waals surface area contributed by atoms with Gasteiger partial charge in [0.15, 0.2) is 5.69 Å². The molecule has 104 valence electrons. The molecule has 6 nitrogen and oxygen atoms in total. The zero-order chi connectivity index (χ0) is 14.9. The second kappa shape index (κ2) is 4.89. The van der Waals surface area contributed by atoms with Gasteiger partial charge in [-0.15, -0.1) is 0 Å². The fourth-order valence-corrected chi connectivity index (χ4v) is 2.83. The first kappa shape index (κ1) is 13.9. The summed E-state index contributed by atoms with van der Waals surface area (Å²) in [6, 6.07) is 5.43. The van der Waals surface area contributed by atoms with Crippen molar-refractivity contribution in [3.63, 3.8) is 0 Å². The van der Waals surface area contributed by atoms with Gasteiger partial charge in [-0.1, -0.05) is 6.07 Å². The molecular weight excluding hydrogens is 287 g/mol. The Morgan fingerprint density at radius 3 is 2.50 bits per heavy atom. The third-order valence-electron chi connectivity index (χ3n) is 2.51. The first-order chi connectivity index (χ1) is 9.32. The van der Waals surface area contributed by atoms with Gasteiger partial charge in [-0.2, -0.15) is 0 Å². The van der Waals surface area contributed by atoms with E-state index < -0.39 is 27.3 Å². The van der Waals surface area contributed by atoms with Crippen molar-refractivity contribution in [3.8, 4) is 0 Å². The molecule has 0 atom stereocenters. The van der Waals surface area contributed by atoms with Crippen LogP contribution < -0.4 is 5.73 Å². The number of carboxylic acid groups (broad SMARTS) is 1. The minimum atomic E-state index is -4.00. The Kier molecular flexibility index (Phi) is 3.41. The number of carbonyl (C=O) groups is 1. The zero-order valence-corrected chi connectivity index (χ0v) is 10.8. The second-order valence-corrected chi connectivity index (χ2v) is 5.82. The van der Waals surface area contributed by atoms with Crippen LogP contribution in [0, 0.1) is 5.82 Å². The molecule has 1 aromatic carbocycles. The van der Waals surface area contributed by atoms with Gasteiger partial charge in [0.1, 0.15) is 5.82 Å². The van der Waals surface area contributed by atoms with Crippen LogP contribution >= 0.6 is 0 Å². The van der Waals surface area contributed by atoms with E-state index in [1.807, 2.05) is 0 Å². The summed E-state index contributed by atoms with van der Waals surface area (Å²) in [4.78, 5) is 13.7. The number of nitrogens with two attached hydrogens (primary N) is 1. The molecule has 0 spiro atoms. The number of aromatic nitrogens is 1. The summed E-state index contributed by atoms with van der Waals surface area (Å²) < 4.78 is 37.5. The van der Waals surface area contributed by atoms with Crippen molar-refractivity contribution < 1.29 is 22.7 Å². The number of halogens is 1. The second-order valence-electron chi connectivity index (χ2n) is 3.87. The predicted molar refractivity (Wildman–Crippen MR) is 67.5 cm³/mol. The summed E-state index contributed by atoms with van der Waals surface area (Å²) in [5.74, 6) is -2.06. The number of pyridine rings is 1. The van der Waals surface area contributed by atoms with E-state index in [1.54, 1.807) is 0 Å². The Morgan fingerprint density at radius 1 is 1.25 bits per heavy atom. The van der Waals surface area contributed by atoms with Crippen molar-refractivity contribution in [2.45, 2.75) is 9.79 Å². The maximum absolute atomic E-state index is 13.1. The lowest BCUT2D eigenvalue weighted by Crippen LogP contribution is -2.09. The fraction of sp³-hybridized carbons (Fsp3) is 0. The van der Waals surface area contributed by atoms with E-state index in [0.717, 1.165) is 24.4 Å². The molecule has 0 aliphatic carbocycles.